The second-order valence-electron chi connectivity index (χ2n) is 5.51. The second kappa shape index (κ2) is 4.20. The molecule has 0 bridgehead atoms. The van der Waals surface area contributed by atoms with Crippen molar-refractivity contribution in [2.45, 2.75) is 25.9 Å². The standard InChI is InChI=1S/C16H16O4/c1-3-15(2)10-19-14(18)16(15)13(17)9-12(20-16)11-7-5-4-6-8-11/h4-9H,3,10H2,1-2H3/t15-,16+/m1/s1. The number of carbonyl (C=O) groups excluding carboxylic acids is 2. The minimum absolute atomic E-state index is 0.212. The zero-order valence-electron chi connectivity index (χ0n) is 11.5. The van der Waals surface area contributed by atoms with Crippen molar-refractivity contribution in [3.8, 4) is 0 Å². The molecule has 1 fully saturated rings. The van der Waals surface area contributed by atoms with Gasteiger partial charge >= 0.3 is 5.97 Å². The lowest BCUT2D eigenvalue weighted by molar-refractivity contribution is -0.159. The summed E-state index contributed by atoms with van der Waals surface area (Å²) >= 11 is 0. The van der Waals surface area contributed by atoms with Gasteiger partial charge in [0.15, 0.2) is 0 Å². The number of carbonyl (C=O) groups is 2. The fourth-order valence-electron chi connectivity index (χ4n) is 2.80. The molecule has 104 valence electrons. The highest BCUT2D eigenvalue weighted by Gasteiger charge is 2.68. The molecule has 2 aliphatic heterocycles. The molecule has 4 nitrogen and oxygen atoms in total. The number of benzene rings is 1. The average Bonchev–Trinajstić information content (AvgIpc) is 2.95. The maximum atomic E-state index is 12.5. The first-order valence-electron chi connectivity index (χ1n) is 6.71. The average molecular weight is 272 g/mol. The Morgan fingerprint density at radius 2 is 1.90 bits per heavy atom. The maximum absolute atomic E-state index is 12.5. The Bertz CT molecular complexity index is 604. The number of ketones is 1. The van der Waals surface area contributed by atoms with Crippen LogP contribution >= 0.6 is 0 Å². The number of hydrogen-bond acceptors (Lipinski definition) is 4. The van der Waals surface area contributed by atoms with Crippen LogP contribution in [0, 0.1) is 5.41 Å². The third-order valence-electron chi connectivity index (χ3n) is 4.37. The minimum Gasteiger partial charge on any atom is -0.466 e. The molecule has 2 aliphatic rings. The summed E-state index contributed by atoms with van der Waals surface area (Å²) in [5.74, 6) is -0.452. The van der Waals surface area contributed by atoms with Gasteiger partial charge in [-0.15, -0.1) is 0 Å². The van der Waals surface area contributed by atoms with Crippen LogP contribution < -0.4 is 0 Å². The van der Waals surface area contributed by atoms with Gasteiger partial charge in [0.2, 0.25) is 5.78 Å². The van der Waals surface area contributed by atoms with Crippen LogP contribution in [-0.2, 0) is 19.1 Å². The van der Waals surface area contributed by atoms with Crippen molar-refractivity contribution < 1.29 is 19.1 Å². The molecule has 2 atom stereocenters. The Morgan fingerprint density at radius 1 is 1.20 bits per heavy atom. The molecule has 3 rings (SSSR count). The quantitative estimate of drug-likeness (QED) is 0.612. The van der Waals surface area contributed by atoms with E-state index >= 15 is 0 Å². The Hall–Kier alpha value is -2.10. The zero-order valence-corrected chi connectivity index (χ0v) is 11.5. The van der Waals surface area contributed by atoms with E-state index < -0.39 is 17.0 Å². The predicted octanol–water partition coefficient (Wildman–Crippen LogP) is 2.34. The van der Waals surface area contributed by atoms with Crippen LogP contribution in [0.3, 0.4) is 0 Å². The number of ether oxygens (including phenoxy) is 2. The number of cyclic esters (lactones) is 1. The summed E-state index contributed by atoms with van der Waals surface area (Å²) in [6.45, 7) is 4.00. The molecule has 1 saturated heterocycles. The topological polar surface area (TPSA) is 52.6 Å². The van der Waals surface area contributed by atoms with Gasteiger partial charge in [-0.2, -0.15) is 0 Å². The molecule has 20 heavy (non-hydrogen) atoms. The number of hydrogen-bond donors (Lipinski definition) is 0. The smallest absolute Gasteiger partial charge is 0.359 e. The Labute approximate surface area is 117 Å². The third kappa shape index (κ3) is 1.48. The summed E-state index contributed by atoms with van der Waals surface area (Å²) in [5, 5.41) is 0. The predicted molar refractivity (Wildman–Crippen MR) is 72.6 cm³/mol. The van der Waals surface area contributed by atoms with Crippen LogP contribution in [0.5, 0.6) is 0 Å². The van der Waals surface area contributed by atoms with Crippen LogP contribution in [0.4, 0.5) is 0 Å². The van der Waals surface area contributed by atoms with Gasteiger partial charge in [-0.05, 0) is 6.42 Å². The van der Waals surface area contributed by atoms with E-state index in [1.807, 2.05) is 44.2 Å². The number of rotatable bonds is 2. The summed E-state index contributed by atoms with van der Waals surface area (Å²) < 4.78 is 11.0. The van der Waals surface area contributed by atoms with Gasteiger partial charge in [0, 0.05) is 11.6 Å². The lowest BCUT2D eigenvalue weighted by atomic mass is 9.72. The maximum Gasteiger partial charge on any atom is 0.359 e. The van der Waals surface area contributed by atoms with E-state index in [9.17, 15) is 9.59 Å². The van der Waals surface area contributed by atoms with Crippen molar-refractivity contribution in [3.63, 3.8) is 0 Å². The van der Waals surface area contributed by atoms with Crippen LogP contribution in [0.15, 0.2) is 36.4 Å². The lowest BCUT2D eigenvalue weighted by Gasteiger charge is -2.33. The van der Waals surface area contributed by atoms with Gasteiger partial charge in [0.1, 0.15) is 12.4 Å². The van der Waals surface area contributed by atoms with Crippen LogP contribution in [0.25, 0.3) is 5.76 Å². The van der Waals surface area contributed by atoms with Crippen LogP contribution in [0.1, 0.15) is 25.8 Å². The molecular formula is C16H16O4. The molecule has 0 amide bonds. The van der Waals surface area contributed by atoms with Gasteiger partial charge in [0.05, 0.1) is 5.41 Å². The summed E-state index contributed by atoms with van der Waals surface area (Å²) in [4.78, 5) is 24.6. The molecule has 1 aromatic carbocycles. The molecule has 0 aromatic heterocycles. The normalized spacial score (nSPS) is 32.2. The molecule has 1 aromatic rings. The van der Waals surface area contributed by atoms with Crippen molar-refractivity contribution >= 4 is 17.5 Å². The van der Waals surface area contributed by atoms with Crippen molar-refractivity contribution in [1.82, 2.24) is 0 Å². The molecule has 4 heteroatoms. The molecule has 2 heterocycles. The first-order chi connectivity index (χ1) is 9.53. The summed E-state index contributed by atoms with van der Waals surface area (Å²) in [5.41, 5.74) is -1.35. The molecular weight excluding hydrogens is 256 g/mol. The molecule has 0 saturated carbocycles. The van der Waals surface area contributed by atoms with E-state index in [1.165, 1.54) is 6.08 Å². The first-order valence-corrected chi connectivity index (χ1v) is 6.71. The largest absolute Gasteiger partial charge is 0.466 e. The van der Waals surface area contributed by atoms with Gasteiger partial charge in [-0.25, -0.2) is 4.79 Å². The summed E-state index contributed by atoms with van der Waals surface area (Å²) in [7, 11) is 0. The molecule has 1 spiro atoms. The van der Waals surface area contributed by atoms with Crippen molar-refractivity contribution in [1.29, 1.82) is 0 Å². The van der Waals surface area contributed by atoms with E-state index in [1.54, 1.807) is 0 Å². The Kier molecular flexibility index (Phi) is 2.71. The van der Waals surface area contributed by atoms with E-state index in [0.717, 1.165) is 5.56 Å². The van der Waals surface area contributed by atoms with Crippen LogP contribution in [-0.4, -0.2) is 24.0 Å². The highest BCUT2D eigenvalue weighted by atomic mass is 16.6. The lowest BCUT2D eigenvalue weighted by Crippen LogP contribution is -2.53. The molecule has 0 unspecified atom stereocenters. The van der Waals surface area contributed by atoms with E-state index in [-0.39, 0.29) is 12.4 Å². The van der Waals surface area contributed by atoms with Gasteiger partial charge < -0.3 is 9.47 Å². The van der Waals surface area contributed by atoms with Gasteiger partial charge in [-0.1, -0.05) is 44.2 Å². The fraction of sp³-hybridized carbons (Fsp3) is 0.375. The monoisotopic (exact) mass is 272 g/mol. The first kappa shape index (κ1) is 12.9. The van der Waals surface area contributed by atoms with Crippen molar-refractivity contribution in [2.24, 2.45) is 5.41 Å². The molecule has 0 N–H and O–H groups in total. The van der Waals surface area contributed by atoms with Gasteiger partial charge in [-0.3, -0.25) is 4.79 Å². The fourth-order valence-corrected chi connectivity index (χ4v) is 2.80. The van der Waals surface area contributed by atoms with E-state index in [0.29, 0.717) is 12.2 Å². The summed E-state index contributed by atoms with van der Waals surface area (Å²) in [6.07, 6.45) is 2.04. The van der Waals surface area contributed by atoms with E-state index in [4.69, 9.17) is 9.47 Å². The Morgan fingerprint density at radius 3 is 2.55 bits per heavy atom. The minimum atomic E-state index is -1.51. The number of esters is 1. The second-order valence-corrected chi connectivity index (χ2v) is 5.51. The highest BCUT2D eigenvalue weighted by molar-refractivity contribution is 6.19. The molecule has 0 aliphatic carbocycles. The van der Waals surface area contributed by atoms with Crippen LogP contribution in [0.2, 0.25) is 0 Å². The van der Waals surface area contributed by atoms with Gasteiger partial charge in [0.25, 0.3) is 5.60 Å². The van der Waals surface area contributed by atoms with E-state index in [2.05, 4.69) is 0 Å². The zero-order chi connectivity index (χ0) is 14.4. The molecule has 0 radical (unpaired) electrons. The summed E-state index contributed by atoms with van der Waals surface area (Å²) in [6, 6.07) is 9.31. The SMILES string of the molecule is CC[C@]1(C)COC(=O)[C@]12OC(c1ccccc1)=CC2=O. The Balaban J connectivity index is 2.03. The third-order valence-corrected chi connectivity index (χ3v) is 4.37. The highest BCUT2D eigenvalue weighted by Crippen LogP contribution is 2.50. The van der Waals surface area contributed by atoms with Crippen molar-refractivity contribution in [2.75, 3.05) is 6.61 Å². The van der Waals surface area contributed by atoms with Crippen molar-refractivity contribution in [3.05, 3.63) is 42.0 Å².